The molecule has 2 N–H and O–H groups in total. The van der Waals surface area contributed by atoms with Crippen molar-refractivity contribution in [3.63, 3.8) is 0 Å². The van der Waals surface area contributed by atoms with Gasteiger partial charge >= 0.3 is 0 Å². The lowest BCUT2D eigenvalue weighted by Crippen LogP contribution is -2.12. The molecule has 10 heteroatoms. The van der Waals surface area contributed by atoms with E-state index in [0.29, 0.717) is 29.1 Å². The van der Waals surface area contributed by atoms with Crippen molar-refractivity contribution in [2.45, 2.75) is 19.4 Å². The fraction of sp³-hybridized carbons (Fsp3) is 0.182. The van der Waals surface area contributed by atoms with E-state index in [2.05, 4.69) is 37.2 Å². The van der Waals surface area contributed by atoms with Crippen LogP contribution in [0.3, 0.4) is 0 Å². The van der Waals surface area contributed by atoms with E-state index in [1.54, 1.807) is 49.2 Å². The molecule has 0 aliphatic carbocycles. The zero-order chi connectivity index (χ0) is 22.8. The summed E-state index contributed by atoms with van der Waals surface area (Å²) >= 11 is 3.35. The third kappa shape index (κ3) is 4.33. The van der Waals surface area contributed by atoms with Crippen LogP contribution in [0.25, 0.3) is 5.69 Å². The Bertz CT molecular complexity index is 1320. The number of nitriles is 1. The maximum atomic E-state index is 14.2. The van der Waals surface area contributed by atoms with Crippen molar-refractivity contribution in [1.29, 1.82) is 5.26 Å². The Labute approximate surface area is 192 Å². The maximum absolute atomic E-state index is 14.2. The van der Waals surface area contributed by atoms with Gasteiger partial charge in [0.2, 0.25) is 0 Å². The summed E-state index contributed by atoms with van der Waals surface area (Å²) in [5.74, 6) is 0.234. The number of nitrogens with two attached hydrogens (primary N) is 1. The Morgan fingerprint density at radius 3 is 2.84 bits per heavy atom. The molecule has 3 heterocycles. The summed E-state index contributed by atoms with van der Waals surface area (Å²) in [5, 5.41) is 18.0. The van der Waals surface area contributed by atoms with Gasteiger partial charge in [-0.3, -0.25) is 4.68 Å². The largest absolute Gasteiger partial charge is 0.482 e. The minimum atomic E-state index is -0.545. The van der Waals surface area contributed by atoms with E-state index in [1.807, 2.05) is 6.07 Å². The Balaban J connectivity index is 1.69. The predicted molar refractivity (Wildman–Crippen MR) is 120 cm³/mol. The Hall–Kier alpha value is -3.71. The van der Waals surface area contributed by atoms with Crippen LogP contribution in [-0.2, 0) is 13.5 Å². The number of nitrogen functional groups attached to an aromatic ring is 1. The first kappa shape index (κ1) is 21.5. The molecule has 162 valence electrons. The van der Waals surface area contributed by atoms with Gasteiger partial charge in [-0.25, -0.2) is 14.1 Å². The number of aromatic nitrogens is 5. The molecule has 0 saturated carbocycles. The van der Waals surface area contributed by atoms with E-state index in [1.165, 1.54) is 16.8 Å². The minimum Gasteiger partial charge on any atom is -0.482 e. The monoisotopic (exact) mass is 495 g/mol. The van der Waals surface area contributed by atoms with E-state index in [9.17, 15) is 9.65 Å². The van der Waals surface area contributed by atoms with Crippen molar-refractivity contribution in [2.24, 2.45) is 7.05 Å². The van der Waals surface area contributed by atoms with Crippen LogP contribution < -0.4 is 10.5 Å². The van der Waals surface area contributed by atoms with Crippen molar-refractivity contribution >= 4 is 21.7 Å². The maximum Gasteiger partial charge on any atom is 0.166 e. The third-order valence-electron chi connectivity index (χ3n) is 4.94. The van der Waals surface area contributed by atoms with E-state index < -0.39 is 11.9 Å². The van der Waals surface area contributed by atoms with Crippen LogP contribution in [0.2, 0.25) is 0 Å². The van der Waals surface area contributed by atoms with Gasteiger partial charge in [0, 0.05) is 35.9 Å². The second kappa shape index (κ2) is 8.80. The molecular formula is C22H19BrFN7O. The molecule has 0 amide bonds. The number of hydrogen-bond acceptors (Lipinski definition) is 6. The fourth-order valence-corrected chi connectivity index (χ4v) is 3.72. The number of halogens is 2. The van der Waals surface area contributed by atoms with Crippen molar-refractivity contribution < 1.29 is 9.13 Å². The molecule has 8 nitrogen and oxygen atoms in total. The first-order valence-electron chi connectivity index (χ1n) is 9.69. The number of pyridine rings is 1. The first-order valence-corrected chi connectivity index (χ1v) is 10.5. The molecular weight excluding hydrogens is 477 g/mol. The third-order valence-corrected chi connectivity index (χ3v) is 5.37. The summed E-state index contributed by atoms with van der Waals surface area (Å²) in [4.78, 5) is 4.07. The molecule has 32 heavy (non-hydrogen) atoms. The number of rotatable bonds is 6. The van der Waals surface area contributed by atoms with Crippen LogP contribution in [0.15, 0.2) is 53.3 Å². The number of benzene rings is 1. The minimum absolute atomic E-state index is 0.237. The Kier molecular flexibility index (Phi) is 5.92. The van der Waals surface area contributed by atoms with Gasteiger partial charge < -0.3 is 10.5 Å². The average molecular weight is 496 g/mol. The normalized spacial score (nSPS) is 11.8. The highest BCUT2D eigenvalue weighted by Crippen LogP contribution is 2.31. The first-order chi connectivity index (χ1) is 15.4. The van der Waals surface area contributed by atoms with Crippen LogP contribution in [0.1, 0.15) is 35.7 Å². The van der Waals surface area contributed by atoms with Gasteiger partial charge in [-0.05, 0) is 59.3 Å². The standard InChI is InChI=1S/C22H19BrFN7O/c1-13(32-21-7-14(23)12-27-22(21)26)19-8-15(24)3-4-20(19)31-17(5-6-28-31)9-16-10-18(11-25)30(2)29-16/h3-8,10,12-13H,9H2,1-2H3,(H2,26,27). The molecule has 1 atom stereocenters. The molecule has 1 aromatic carbocycles. The van der Waals surface area contributed by atoms with Crippen LogP contribution in [0.5, 0.6) is 5.75 Å². The van der Waals surface area contributed by atoms with Gasteiger partial charge in [0.05, 0.1) is 17.1 Å². The van der Waals surface area contributed by atoms with Crippen molar-refractivity contribution in [3.05, 3.63) is 81.7 Å². The lowest BCUT2D eigenvalue weighted by atomic mass is 10.1. The Morgan fingerprint density at radius 2 is 2.09 bits per heavy atom. The van der Waals surface area contributed by atoms with E-state index in [-0.39, 0.29) is 5.82 Å². The van der Waals surface area contributed by atoms with E-state index >= 15 is 0 Å². The van der Waals surface area contributed by atoms with Crippen LogP contribution >= 0.6 is 15.9 Å². The topological polar surface area (TPSA) is 108 Å². The summed E-state index contributed by atoms with van der Waals surface area (Å²) in [6, 6.07) is 11.9. The Morgan fingerprint density at radius 1 is 1.28 bits per heavy atom. The fourth-order valence-electron chi connectivity index (χ4n) is 3.41. The average Bonchev–Trinajstić information content (AvgIpc) is 3.36. The highest BCUT2D eigenvalue weighted by molar-refractivity contribution is 9.10. The summed E-state index contributed by atoms with van der Waals surface area (Å²) < 4.78 is 24.2. The zero-order valence-electron chi connectivity index (χ0n) is 17.3. The molecule has 4 rings (SSSR count). The summed E-state index contributed by atoms with van der Waals surface area (Å²) in [6.07, 6.45) is 3.14. The van der Waals surface area contributed by atoms with Crippen molar-refractivity contribution in [3.8, 4) is 17.5 Å². The molecule has 0 fully saturated rings. The van der Waals surface area contributed by atoms with Crippen molar-refractivity contribution in [1.82, 2.24) is 24.5 Å². The van der Waals surface area contributed by atoms with E-state index in [0.717, 1.165) is 15.9 Å². The molecule has 0 spiro atoms. The number of anilines is 1. The van der Waals surface area contributed by atoms with Crippen LogP contribution in [0.4, 0.5) is 10.2 Å². The number of hydrogen-bond donors (Lipinski definition) is 1. The predicted octanol–water partition coefficient (Wildman–Crippen LogP) is 4.09. The summed E-state index contributed by atoms with van der Waals surface area (Å²) in [7, 11) is 1.72. The van der Waals surface area contributed by atoms with Crippen LogP contribution in [0, 0.1) is 17.1 Å². The van der Waals surface area contributed by atoms with E-state index in [4.69, 9.17) is 10.5 Å². The molecule has 0 bridgehead atoms. The van der Waals surface area contributed by atoms with Crippen LogP contribution in [-0.4, -0.2) is 24.5 Å². The molecule has 3 aromatic heterocycles. The highest BCUT2D eigenvalue weighted by Gasteiger charge is 2.19. The highest BCUT2D eigenvalue weighted by atomic mass is 79.9. The second-order valence-corrected chi connectivity index (χ2v) is 8.08. The molecule has 1 unspecified atom stereocenters. The zero-order valence-corrected chi connectivity index (χ0v) is 18.9. The molecule has 0 radical (unpaired) electrons. The number of ether oxygens (including phenoxy) is 1. The van der Waals surface area contributed by atoms with Gasteiger partial charge in [0.1, 0.15) is 23.7 Å². The smallest absolute Gasteiger partial charge is 0.166 e. The van der Waals surface area contributed by atoms with Gasteiger partial charge in [-0.1, -0.05) is 0 Å². The molecule has 0 saturated heterocycles. The lowest BCUT2D eigenvalue weighted by Gasteiger charge is -2.20. The number of nitrogens with zero attached hydrogens (tertiary/aromatic N) is 6. The second-order valence-electron chi connectivity index (χ2n) is 7.17. The van der Waals surface area contributed by atoms with Gasteiger partial charge in [0.15, 0.2) is 11.6 Å². The molecule has 0 aliphatic heterocycles. The number of aryl methyl sites for hydroxylation is 1. The van der Waals surface area contributed by atoms with Crippen molar-refractivity contribution in [2.75, 3.05) is 5.73 Å². The molecule has 4 aromatic rings. The quantitative estimate of drug-likeness (QED) is 0.431. The van der Waals surface area contributed by atoms with Gasteiger partial charge in [-0.15, -0.1) is 0 Å². The van der Waals surface area contributed by atoms with Gasteiger partial charge in [-0.2, -0.15) is 15.5 Å². The molecule has 0 aliphatic rings. The summed E-state index contributed by atoms with van der Waals surface area (Å²) in [6.45, 7) is 1.81. The lowest BCUT2D eigenvalue weighted by molar-refractivity contribution is 0.226. The summed E-state index contributed by atoms with van der Waals surface area (Å²) in [5.41, 5.74) is 9.21. The SMILES string of the molecule is CC(Oc1cc(Br)cnc1N)c1cc(F)ccc1-n1nccc1Cc1cc(C#N)n(C)n1. The van der Waals surface area contributed by atoms with Gasteiger partial charge in [0.25, 0.3) is 0 Å².